The van der Waals surface area contributed by atoms with Gasteiger partial charge in [-0.25, -0.2) is 0 Å². The van der Waals surface area contributed by atoms with Crippen LogP contribution < -0.4 is 10.1 Å². The first-order valence-electron chi connectivity index (χ1n) is 8.22. The van der Waals surface area contributed by atoms with E-state index in [1.165, 1.54) is 11.8 Å². The van der Waals surface area contributed by atoms with Gasteiger partial charge in [-0.3, -0.25) is 4.79 Å². The minimum atomic E-state index is -0.404. The zero-order valence-corrected chi connectivity index (χ0v) is 16.4. The Bertz CT molecular complexity index is 915. The van der Waals surface area contributed by atoms with Crippen LogP contribution in [0.3, 0.4) is 0 Å². The lowest BCUT2D eigenvalue weighted by Crippen LogP contribution is -2.22. The third kappa shape index (κ3) is 5.48. The van der Waals surface area contributed by atoms with Gasteiger partial charge in [0.05, 0.1) is 18.8 Å². The van der Waals surface area contributed by atoms with Gasteiger partial charge in [0.2, 0.25) is 11.8 Å². The van der Waals surface area contributed by atoms with E-state index in [0.29, 0.717) is 28.2 Å². The second-order valence-corrected chi connectivity index (χ2v) is 7.47. The van der Waals surface area contributed by atoms with E-state index in [1.807, 2.05) is 24.3 Å². The molecule has 0 aliphatic heterocycles. The summed E-state index contributed by atoms with van der Waals surface area (Å²) < 4.78 is 10.8. The highest BCUT2D eigenvalue weighted by Crippen LogP contribution is 2.24. The van der Waals surface area contributed by atoms with Crippen LogP contribution in [0.2, 0.25) is 5.02 Å². The molecule has 0 bridgehead atoms. The molecule has 1 amide bonds. The molecule has 1 atom stereocenters. The Morgan fingerprint density at radius 1 is 1.26 bits per heavy atom. The number of aromatic nitrogens is 2. The second kappa shape index (κ2) is 8.92. The third-order valence-electron chi connectivity index (χ3n) is 3.70. The van der Waals surface area contributed by atoms with E-state index < -0.39 is 5.25 Å². The number of rotatable bonds is 7. The van der Waals surface area contributed by atoms with Gasteiger partial charge in [-0.2, -0.15) is 0 Å². The first-order valence-corrected chi connectivity index (χ1v) is 9.47. The summed E-state index contributed by atoms with van der Waals surface area (Å²) in [5.41, 5.74) is 1.67. The van der Waals surface area contributed by atoms with Crippen molar-refractivity contribution in [1.82, 2.24) is 10.2 Å². The molecule has 8 heteroatoms. The average molecular weight is 404 g/mol. The molecule has 0 fully saturated rings. The van der Waals surface area contributed by atoms with E-state index in [4.69, 9.17) is 20.8 Å². The fraction of sp³-hybridized carbons (Fsp3) is 0.211. The van der Waals surface area contributed by atoms with Gasteiger partial charge in [-0.05, 0) is 42.8 Å². The van der Waals surface area contributed by atoms with Crippen molar-refractivity contribution in [1.29, 1.82) is 0 Å². The summed E-state index contributed by atoms with van der Waals surface area (Å²) in [6, 6.07) is 14.6. The monoisotopic (exact) mass is 403 g/mol. The number of thioether (sulfide) groups is 1. The molecule has 0 saturated heterocycles. The molecule has 27 heavy (non-hydrogen) atoms. The standard InChI is InChI=1S/C19H18ClN3O3S/c1-12(18(24)21-15-5-3-4-14(20)11-15)27-19-23-22-17(26-19)10-13-6-8-16(25-2)9-7-13/h3-9,11-12H,10H2,1-2H3,(H,21,24)/t12-/m0/s1. The Hall–Kier alpha value is -2.51. The molecule has 0 radical (unpaired) electrons. The molecule has 3 aromatic rings. The molecule has 0 saturated carbocycles. The van der Waals surface area contributed by atoms with E-state index in [1.54, 1.807) is 38.3 Å². The molecular weight excluding hydrogens is 386 g/mol. The van der Waals surface area contributed by atoms with Crippen LogP contribution in [-0.2, 0) is 11.2 Å². The lowest BCUT2D eigenvalue weighted by Gasteiger charge is -2.10. The summed E-state index contributed by atoms with van der Waals surface area (Å²) in [6.45, 7) is 1.78. The predicted octanol–water partition coefficient (Wildman–Crippen LogP) is 4.44. The summed E-state index contributed by atoms with van der Waals surface area (Å²) >= 11 is 7.13. The molecule has 1 aromatic heterocycles. The van der Waals surface area contributed by atoms with Crippen LogP contribution in [0, 0.1) is 0 Å². The zero-order valence-electron chi connectivity index (χ0n) is 14.8. The maximum absolute atomic E-state index is 12.3. The summed E-state index contributed by atoms with van der Waals surface area (Å²) in [4.78, 5) is 12.3. The average Bonchev–Trinajstić information content (AvgIpc) is 3.09. The molecule has 1 N–H and O–H groups in total. The number of nitrogens with one attached hydrogen (secondary N) is 1. The number of carbonyl (C=O) groups excluding carboxylic acids is 1. The SMILES string of the molecule is COc1ccc(Cc2nnc(S[C@@H](C)C(=O)Nc3cccc(Cl)c3)o2)cc1. The van der Waals surface area contributed by atoms with E-state index in [9.17, 15) is 4.79 Å². The molecule has 2 aromatic carbocycles. The normalized spacial score (nSPS) is 11.8. The number of hydrogen-bond acceptors (Lipinski definition) is 6. The Kier molecular flexibility index (Phi) is 6.36. The van der Waals surface area contributed by atoms with E-state index >= 15 is 0 Å². The zero-order chi connectivity index (χ0) is 19.2. The van der Waals surface area contributed by atoms with Gasteiger partial charge in [-0.15, -0.1) is 10.2 Å². The van der Waals surface area contributed by atoms with Gasteiger partial charge < -0.3 is 14.5 Å². The summed E-state index contributed by atoms with van der Waals surface area (Å²) in [5.74, 6) is 1.11. The van der Waals surface area contributed by atoms with Crippen LogP contribution in [0.5, 0.6) is 5.75 Å². The van der Waals surface area contributed by atoms with Gasteiger partial charge in [0, 0.05) is 10.7 Å². The minimum Gasteiger partial charge on any atom is -0.497 e. The molecule has 1 heterocycles. The van der Waals surface area contributed by atoms with Crippen LogP contribution in [0.1, 0.15) is 18.4 Å². The van der Waals surface area contributed by atoms with Crippen LogP contribution in [-0.4, -0.2) is 28.5 Å². The molecule has 6 nitrogen and oxygen atoms in total. The Balaban J connectivity index is 1.56. The van der Waals surface area contributed by atoms with Gasteiger partial charge in [0.15, 0.2) is 0 Å². The van der Waals surface area contributed by atoms with Gasteiger partial charge in [0.25, 0.3) is 5.22 Å². The van der Waals surface area contributed by atoms with Crippen molar-refractivity contribution in [3.8, 4) is 5.75 Å². The number of amides is 1. The van der Waals surface area contributed by atoms with Gasteiger partial charge in [-0.1, -0.05) is 41.6 Å². The maximum Gasteiger partial charge on any atom is 0.277 e. The predicted molar refractivity (Wildman–Crippen MR) is 105 cm³/mol. The number of ether oxygens (including phenoxy) is 1. The van der Waals surface area contributed by atoms with Crippen molar-refractivity contribution in [2.24, 2.45) is 0 Å². The Morgan fingerprint density at radius 3 is 2.74 bits per heavy atom. The van der Waals surface area contributed by atoms with E-state index in [0.717, 1.165) is 11.3 Å². The van der Waals surface area contributed by atoms with Crippen LogP contribution in [0.4, 0.5) is 5.69 Å². The fourth-order valence-corrected chi connectivity index (χ4v) is 3.18. The van der Waals surface area contributed by atoms with Crippen molar-refractivity contribution < 1.29 is 13.9 Å². The number of methoxy groups -OCH3 is 1. The molecule has 0 aliphatic rings. The highest BCUT2D eigenvalue weighted by molar-refractivity contribution is 8.00. The highest BCUT2D eigenvalue weighted by Gasteiger charge is 2.18. The highest BCUT2D eigenvalue weighted by atomic mass is 35.5. The Morgan fingerprint density at radius 2 is 2.04 bits per heavy atom. The molecule has 0 unspecified atom stereocenters. The van der Waals surface area contributed by atoms with Crippen LogP contribution in [0.15, 0.2) is 58.2 Å². The number of benzene rings is 2. The fourth-order valence-electron chi connectivity index (χ4n) is 2.29. The first-order chi connectivity index (χ1) is 13.0. The van der Waals surface area contributed by atoms with Crippen molar-refractivity contribution >= 4 is 35.0 Å². The van der Waals surface area contributed by atoms with Crippen molar-refractivity contribution in [2.75, 3.05) is 12.4 Å². The molecule has 3 rings (SSSR count). The largest absolute Gasteiger partial charge is 0.497 e. The minimum absolute atomic E-state index is 0.169. The van der Waals surface area contributed by atoms with Gasteiger partial charge >= 0.3 is 0 Å². The van der Waals surface area contributed by atoms with Crippen molar-refractivity contribution in [2.45, 2.75) is 23.8 Å². The topological polar surface area (TPSA) is 77.2 Å². The lowest BCUT2D eigenvalue weighted by molar-refractivity contribution is -0.115. The molecule has 0 aliphatic carbocycles. The van der Waals surface area contributed by atoms with Crippen LogP contribution >= 0.6 is 23.4 Å². The number of nitrogens with zero attached hydrogens (tertiary/aromatic N) is 2. The quantitative estimate of drug-likeness (QED) is 0.587. The number of hydrogen-bond donors (Lipinski definition) is 1. The van der Waals surface area contributed by atoms with Crippen molar-refractivity contribution in [3.05, 3.63) is 65.0 Å². The Labute approximate surface area is 166 Å². The molecule has 140 valence electrons. The first kappa shape index (κ1) is 19.3. The van der Waals surface area contributed by atoms with Gasteiger partial charge in [0.1, 0.15) is 5.75 Å². The summed E-state index contributed by atoms with van der Waals surface area (Å²) in [7, 11) is 1.63. The molecular formula is C19H18ClN3O3S. The molecule has 0 spiro atoms. The maximum atomic E-state index is 12.3. The van der Waals surface area contributed by atoms with E-state index in [2.05, 4.69) is 15.5 Å². The summed E-state index contributed by atoms with van der Waals surface area (Å²) in [5, 5.41) is 11.4. The number of anilines is 1. The van der Waals surface area contributed by atoms with E-state index in [-0.39, 0.29) is 5.91 Å². The summed E-state index contributed by atoms with van der Waals surface area (Å²) in [6.07, 6.45) is 0.515. The van der Waals surface area contributed by atoms with Crippen LogP contribution in [0.25, 0.3) is 0 Å². The third-order valence-corrected chi connectivity index (χ3v) is 4.87. The van der Waals surface area contributed by atoms with Crippen molar-refractivity contribution in [3.63, 3.8) is 0 Å². The second-order valence-electron chi connectivity index (χ2n) is 5.75. The number of carbonyl (C=O) groups is 1. The smallest absolute Gasteiger partial charge is 0.277 e. The number of halogens is 1. The lowest BCUT2D eigenvalue weighted by atomic mass is 10.1.